The van der Waals surface area contributed by atoms with Crippen LogP contribution in [0.25, 0.3) is 0 Å². The van der Waals surface area contributed by atoms with Crippen LogP contribution in [0.4, 0.5) is 0 Å². The maximum Gasteiger partial charge on any atom is -0.0302 e. The van der Waals surface area contributed by atoms with E-state index in [1.165, 1.54) is 53.5 Å². The van der Waals surface area contributed by atoms with Crippen molar-refractivity contribution in [3.8, 4) is 0 Å². The van der Waals surface area contributed by atoms with Crippen LogP contribution in [-0.2, 0) is 38.5 Å². The number of aryl methyl sites for hydroxylation is 5. The highest BCUT2D eigenvalue weighted by Crippen LogP contribution is 2.16. The van der Waals surface area contributed by atoms with Crippen LogP contribution in [0, 0.1) is 5.92 Å². The second-order valence-corrected chi connectivity index (χ2v) is 8.42. The van der Waals surface area contributed by atoms with Gasteiger partial charge in [-0.2, -0.15) is 0 Å². The molecule has 31 heavy (non-hydrogen) atoms. The van der Waals surface area contributed by atoms with Crippen LogP contribution in [0.5, 0.6) is 0 Å². The van der Waals surface area contributed by atoms with Crippen molar-refractivity contribution in [3.05, 3.63) is 69.8 Å². The lowest BCUT2D eigenvalue weighted by molar-refractivity contribution is 0.477. The first-order chi connectivity index (χ1) is 15.0. The Balaban J connectivity index is 0.000000454. The minimum absolute atomic E-state index is 0.986. The maximum atomic E-state index is 2.32. The van der Waals surface area contributed by atoms with Gasteiger partial charge < -0.3 is 0 Å². The SMILES string of the molecule is CCC(CC)CC.CCc1cc(CC)cc(CC)c1.CCc1cccc(CC)c1CC. The Morgan fingerprint density at radius 1 is 0.484 bits per heavy atom. The van der Waals surface area contributed by atoms with Crippen molar-refractivity contribution < 1.29 is 0 Å². The van der Waals surface area contributed by atoms with Crippen molar-refractivity contribution in [2.75, 3.05) is 0 Å². The number of hydrogen-bond acceptors (Lipinski definition) is 0. The molecule has 0 saturated heterocycles. The standard InChI is InChI=1S/2C12H18.C7H16/c1-4-10-7-11(5-2)9-12(6-3)8-10;1-4-10-8-7-9-11(5-2)12(10)6-3;1-4-7(5-2)6-3/h2*7-9H,4-6H2,1-3H3;7H,4-6H2,1-3H3. The van der Waals surface area contributed by atoms with E-state index in [9.17, 15) is 0 Å². The quantitative estimate of drug-likeness (QED) is 0.376. The molecule has 0 aromatic heterocycles. The van der Waals surface area contributed by atoms with E-state index >= 15 is 0 Å². The summed E-state index contributed by atoms with van der Waals surface area (Å²) in [6.07, 6.45) is 11.0. The van der Waals surface area contributed by atoms with Crippen LogP contribution in [-0.4, -0.2) is 0 Å². The fourth-order valence-corrected chi connectivity index (χ4v) is 4.12. The van der Waals surface area contributed by atoms with Gasteiger partial charge in [-0.05, 0) is 77.8 Å². The van der Waals surface area contributed by atoms with Gasteiger partial charge in [-0.15, -0.1) is 0 Å². The first-order valence-corrected chi connectivity index (χ1v) is 13.2. The van der Waals surface area contributed by atoms with Crippen LogP contribution in [0.15, 0.2) is 36.4 Å². The van der Waals surface area contributed by atoms with E-state index in [-0.39, 0.29) is 0 Å². The summed E-state index contributed by atoms with van der Waals surface area (Å²) in [7, 11) is 0. The van der Waals surface area contributed by atoms with Crippen molar-refractivity contribution in [2.24, 2.45) is 5.92 Å². The van der Waals surface area contributed by atoms with Gasteiger partial charge >= 0.3 is 0 Å². The number of hydrogen-bond donors (Lipinski definition) is 0. The van der Waals surface area contributed by atoms with Gasteiger partial charge in [-0.25, -0.2) is 0 Å². The van der Waals surface area contributed by atoms with Gasteiger partial charge in [0.1, 0.15) is 0 Å². The van der Waals surface area contributed by atoms with Crippen LogP contribution in [0.2, 0.25) is 0 Å². The zero-order valence-electron chi connectivity index (χ0n) is 22.4. The summed E-state index contributed by atoms with van der Waals surface area (Å²) in [4.78, 5) is 0. The average molecular weight is 425 g/mol. The van der Waals surface area contributed by atoms with Gasteiger partial charge in [0.05, 0.1) is 0 Å². The largest absolute Gasteiger partial charge is 0.0651 e. The highest BCUT2D eigenvalue weighted by Gasteiger charge is 2.02. The Hall–Kier alpha value is -1.56. The molecule has 0 bridgehead atoms. The lowest BCUT2D eigenvalue weighted by atomic mass is 9.96. The van der Waals surface area contributed by atoms with E-state index in [0.717, 1.165) is 38.0 Å². The molecule has 2 aromatic carbocycles. The molecule has 0 nitrogen and oxygen atoms in total. The van der Waals surface area contributed by atoms with Crippen molar-refractivity contribution in [1.82, 2.24) is 0 Å². The zero-order valence-corrected chi connectivity index (χ0v) is 22.4. The Kier molecular flexibility index (Phi) is 17.1. The topological polar surface area (TPSA) is 0 Å². The molecule has 0 unspecified atom stereocenters. The predicted molar refractivity (Wildman–Crippen MR) is 144 cm³/mol. The molecule has 0 aliphatic carbocycles. The minimum Gasteiger partial charge on any atom is -0.0651 e. The molecule has 0 N–H and O–H groups in total. The van der Waals surface area contributed by atoms with Crippen LogP contribution >= 0.6 is 0 Å². The summed E-state index contributed by atoms with van der Waals surface area (Å²) in [5, 5.41) is 0. The molecule has 0 heterocycles. The molecule has 0 spiro atoms. The molecule has 0 heteroatoms. The van der Waals surface area contributed by atoms with Gasteiger partial charge in [0.15, 0.2) is 0 Å². The molecular formula is C31H52. The first kappa shape index (κ1) is 29.4. The minimum atomic E-state index is 0.986. The summed E-state index contributed by atoms with van der Waals surface area (Å²) >= 11 is 0. The number of rotatable bonds is 9. The van der Waals surface area contributed by atoms with Crippen molar-refractivity contribution in [1.29, 1.82) is 0 Å². The van der Waals surface area contributed by atoms with Crippen molar-refractivity contribution in [3.63, 3.8) is 0 Å². The molecular weight excluding hydrogens is 372 g/mol. The molecule has 2 aromatic rings. The van der Waals surface area contributed by atoms with Gasteiger partial charge in [-0.3, -0.25) is 0 Å². The lowest BCUT2D eigenvalue weighted by Gasteiger charge is -2.10. The third-order valence-corrected chi connectivity index (χ3v) is 6.55. The van der Waals surface area contributed by atoms with Crippen LogP contribution in [0.1, 0.15) is 115 Å². The highest BCUT2D eigenvalue weighted by atomic mass is 14.1. The third-order valence-electron chi connectivity index (χ3n) is 6.55. The van der Waals surface area contributed by atoms with Crippen molar-refractivity contribution in [2.45, 2.75) is 120 Å². The molecule has 2 rings (SSSR count). The number of benzene rings is 2. The van der Waals surface area contributed by atoms with Gasteiger partial charge in [-0.1, -0.05) is 118 Å². The van der Waals surface area contributed by atoms with E-state index in [1.807, 2.05) is 0 Å². The lowest BCUT2D eigenvalue weighted by Crippen LogP contribution is -1.96. The summed E-state index contributed by atoms with van der Waals surface area (Å²) in [5.41, 5.74) is 9.06. The molecule has 0 radical (unpaired) electrons. The van der Waals surface area contributed by atoms with Crippen LogP contribution < -0.4 is 0 Å². The Morgan fingerprint density at radius 2 is 0.839 bits per heavy atom. The second kappa shape index (κ2) is 18.1. The molecule has 0 fully saturated rings. The molecule has 176 valence electrons. The normalized spacial score (nSPS) is 10.3. The second-order valence-electron chi connectivity index (χ2n) is 8.42. The molecule has 0 saturated carbocycles. The van der Waals surface area contributed by atoms with Crippen LogP contribution in [0.3, 0.4) is 0 Å². The zero-order chi connectivity index (χ0) is 23.6. The molecule has 0 aliphatic heterocycles. The monoisotopic (exact) mass is 424 g/mol. The highest BCUT2D eigenvalue weighted by molar-refractivity contribution is 5.35. The average Bonchev–Trinajstić information content (AvgIpc) is 2.84. The predicted octanol–water partition coefficient (Wildman–Crippen LogP) is 9.58. The molecule has 0 amide bonds. The van der Waals surface area contributed by atoms with Gasteiger partial charge in [0, 0.05) is 0 Å². The Morgan fingerprint density at radius 3 is 1.03 bits per heavy atom. The molecule has 0 atom stereocenters. The maximum absolute atomic E-state index is 2.32. The van der Waals surface area contributed by atoms with Crippen molar-refractivity contribution >= 4 is 0 Å². The fourth-order valence-electron chi connectivity index (χ4n) is 4.12. The van der Waals surface area contributed by atoms with E-state index in [2.05, 4.69) is 98.7 Å². The summed E-state index contributed by atoms with van der Waals surface area (Å²) < 4.78 is 0. The van der Waals surface area contributed by atoms with E-state index in [4.69, 9.17) is 0 Å². The Bertz CT molecular complexity index is 608. The first-order valence-electron chi connectivity index (χ1n) is 13.2. The van der Waals surface area contributed by atoms with E-state index in [0.29, 0.717) is 0 Å². The summed E-state index contributed by atoms with van der Waals surface area (Å²) in [5.74, 6) is 0.986. The van der Waals surface area contributed by atoms with E-state index in [1.54, 1.807) is 5.56 Å². The van der Waals surface area contributed by atoms with Gasteiger partial charge in [0.25, 0.3) is 0 Å². The fraction of sp³-hybridized carbons (Fsp3) is 0.613. The third kappa shape index (κ3) is 11.0. The van der Waals surface area contributed by atoms with Gasteiger partial charge in [0.2, 0.25) is 0 Å². The summed E-state index contributed by atoms with van der Waals surface area (Å²) in [6, 6.07) is 13.6. The smallest absolute Gasteiger partial charge is 0.0302 e. The molecule has 0 aliphatic rings. The Labute approximate surface area is 195 Å². The van der Waals surface area contributed by atoms with E-state index < -0.39 is 0 Å². The summed E-state index contributed by atoms with van der Waals surface area (Å²) in [6.45, 7) is 20.1.